The van der Waals surface area contributed by atoms with Gasteiger partial charge in [0.05, 0.1) is 16.8 Å². The molecule has 7 heteroatoms. The molecule has 4 nitrogen and oxygen atoms in total. The van der Waals surface area contributed by atoms with Crippen LogP contribution in [0.25, 0.3) is 11.3 Å². The Morgan fingerprint density at radius 3 is 2.63 bits per heavy atom. The van der Waals surface area contributed by atoms with E-state index in [0.717, 1.165) is 40.7 Å². The van der Waals surface area contributed by atoms with Crippen molar-refractivity contribution in [3.8, 4) is 11.3 Å². The van der Waals surface area contributed by atoms with Gasteiger partial charge in [-0.2, -0.15) is 0 Å². The molecule has 2 fully saturated rings. The van der Waals surface area contributed by atoms with Crippen molar-refractivity contribution >= 4 is 40.5 Å². The normalized spacial score (nSPS) is 21.9. The van der Waals surface area contributed by atoms with E-state index in [1.54, 1.807) is 6.07 Å². The zero-order valence-corrected chi connectivity index (χ0v) is 18.6. The van der Waals surface area contributed by atoms with Crippen LogP contribution in [0.2, 0.25) is 10.0 Å². The Bertz CT molecular complexity index is 1070. The Kier molecular flexibility index (Phi) is 5.44. The van der Waals surface area contributed by atoms with Crippen LogP contribution in [0, 0.1) is 0 Å². The van der Waals surface area contributed by atoms with E-state index in [-0.39, 0.29) is 12.1 Å². The summed E-state index contributed by atoms with van der Waals surface area (Å²) in [7, 11) is 0. The summed E-state index contributed by atoms with van der Waals surface area (Å²) in [4.78, 5) is 6.92. The SMILES string of the molecule is S=C1N[C@H](c2ccccn2)[C@H](c2ccc(-c3ccc(Cl)cc3Cl)o2)N1C1CCCC1. The molecule has 2 aliphatic rings. The number of nitrogens with one attached hydrogen (secondary N) is 1. The molecule has 1 saturated heterocycles. The molecule has 1 aromatic carbocycles. The van der Waals surface area contributed by atoms with Crippen molar-refractivity contribution in [3.05, 3.63) is 76.2 Å². The zero-order valence-electron chi connectivity index (χ0n) is 16.2. The molecule has 1 aliphatic heterocycles. The summed E-state index contributed by atoms with van der Waals surface area (Å²) in [5.41, 5.74) is 1.77. The number of aromatic nitrogens is 1. The number of thiocarbonyl (C=S) groups is 1. The van der Waals surface area contributed by atoms with Gasteiger partial charge < -0.3 is 14.6 Å². The lowest BCUT2D eigenvalue weighted by Crippen LogP contribution is -2.37. The molecule has 0 radical (unpaired) electrons. The van der Waals surface area contributed by atoms with Crippen molar-refractivity contribution in [2.45, 2.75) is 43.8 Å². The third-order valence-electron chi connectivity index (χ3n) is 5.97. The maximum Gasteiger partial charge on any atom is 0.170 e. The first-order valence-corrected chi connectivity index (χ1v) is 11.3. The average Bonchev–Trinajstić information content (AvgIpc) is 3.48. The van der Waals surface area contributed by atoms with Gasteiger partial charge >= 0.3 is 0 Å². The highest BCUT2D eigenvalue weighted by atomic mass is 35.5. The van der Waals surface area contributed by atoms with Gasteiger partial charge in [-0.05, 0) is 67.5 Å². The molecule has 0 amide bonds. The Labute approximate surface area is 191 Å². The molecule has 0 unspecified atom stereocenters. The summed E-state index contributed by atoms with van der Waals surface area (Å²) in [5, 5.41) is 5.44. The highest BCUT2D eigenvalue weighted by molar-refractivity contribution is 7.80. The van der Waals surface area contributed by atoms with Crippen LogP contribution in [0.5, 0.6) is 0 Å². The van der Waals surface area contributed by atoms with E-state index in [2.05, 4.69) is 15.2 Å². The number of benzene rings is 1. The first kappa shape index (κ1) is 19.9. The van der Waals surface area contributed by atoms with Gasteiger partial charge in [0.25, 0.3) is 0 Å². The second-order valence-corrected chi connectivity index (χ2v) is 9.03. The molecule has 3 aromatic rings. The first-order chi connectivity index (χ1) is 14.6. The van der Waals surface area contributed by atoms with Crippen molar-refractivity contribution in [2.24, 2.45) is 0 Å². The fourth-order valence-corrected chi connectivity index (χ4v) is 5.48. The summed E-state index contributed by atoms with van der Waals surface area (Å²) in [5.74, 6) is 1.57. The van der Waals surface area contributed by atoms with Crippen LogP contribution < -0.4 is 5.32 Å². The van der Waals surface area contributed by atoms with Crippen LogP contribution in [-0.2, 0) is 0 Å². The number of rotatable bonds is 4. The standard InChI is InChI=1S/C23H21Cl2N3OS/c24-14-8-9-16(17(25)13-14)19-10-11-20(29-19)22-21(18-7-3-4-12-26-18)27-23(30)28(22)15-5-1-2-6-15/h3-4,7-13,15,21-22H,1-2,5-6H2,(H,27,30)/t21-,22+/m1/s1. The number of halogens is 2. The molecule has 5 rings (SSSR count). The van der Waals surface area contributed by atoms with Crippen LogP contribution in [-0.4, -0.2) is 21.0 Å². The molecule has 0 spiro atoms. The van der Waals surface area contributed by atoms with E-state index in [9.17, 15) is 0 Å². The van der Waals surface area contributed by atoms with Crippen LogP contribution in [0.15, 0.2) is 59.1 Å². The lowest BCUT2D eigenvalue weighted by Gasteiger charge is -2.31. The van der Waals surface area contributed by atoms with Crippen molar-refractivity contribution in [2.75, 3.05) is 0 Å². The van der Waals surface area contributed by atoms with Gasteiger partial charge in [0.2, 0.25) is 0 Å². The van der Waals surface area contributed by atoms with E-state index in [1.807, 2.05) is 48.7 Å². The minimum Gasteiger partial charge on any atom is -0.459 e. The maximum atomic E-state index is 6.41. The molecule has 2 atom stereocenters. The Balaban J connectivity index is 1.55. The molecule has 1 N–H and O–H groups in total. The Hall–Kier alpha value is -2.08. The summed E-state index contributed by atoms with van der Waals surface area (Å²) in [6.45, 7) is 0. The molecule has 2 aromatic heterocycles. The van der Waals surface area contributed by atoms with Crippen molar-refractivity contribution < 1.29 is 4.42 Å². The van der Waals surface area contributed by atoms with Gasteiger partial charge in [0.1, 0.15) is 17.6 Å². The number of hydrogen-bond donors (Lipinski definition) is 1. The third-order valence-corrected chi connectivity index (χ3v) is 6.84. The van der Waals surface area contributed by atoms with E-state index >= 15 is 0 Å². The summed E-state index contributed by atoms with van der Waals surface area (Å²) in [6.07, 6.45) is 6.56. The second kappa shape index (κ2) is 8.22. The number of hydrogen-bond acceptors (Lipinski definition) is 3. The van der Waals surface area contributed by atoms with Crippen molar-refractivity contribution in [3.63, 3.8) is 0 Å². The fourth-order valence-electron chi connectivity index (χ4n) is 4.59. The minimum atomic E-state index is -0.0704. The predicted octanol–water partition coefficient (Wildman–Crippen LogP) is 6.56. The van der Waals surface area contributed by atoms with Gasteiger partial charge in [-0.15, -0.1) is 0 Å². The summed E-state index contributed by atoms with van der Waals surface area (Å²) < 4.78 is 6.37. The Morgan fingerprint density at radius 2 is 1.90 bits per heavy atom. The van der Waals surface area contributed by atoms with Crippen LogP contribution >= 0.6 is 35.4 Å². The molecular formula is C23H21Cl2N3OS. The van der Waals surface area contributed by atoms with Gasteiger partial charge in [-0.1, -0.05) is 42.1 Å². The van der Waals surface area contributed by atoms with Gasteiger partial charge in [-0.3, -0.25) is 4.98 Å². The van der Waals surface area contributed by atoms with Gasteiger partial charge in [0.15, 0.2) is 5.11 Å². The van der Waals surface area contributed by atoms with E-state index < -0.39 is 0 Å². The summed E-state index contributed by atoms with van der Waals surface area (Å²) in [6, 6.07) is 15.7. The van der Waals surface area contributed by atoms with E-state index in [4.69, 9.17) is 39.8 Å². The van der Waals surface area contributed by atoms with Crippen molar-refractivity contribution in [1.82, 2.24) is 15.2 Å². The van der Waals surface area contributed by atoms with Crippen LogP contribution in [0.4, 0.5) is 0 Å². The lowest BCUT2D eigenvalue weighted by molar-refractivity contribution is 0.218. The average molecular weight is 458 g/mol. The largest absolute Gasteiger partial charge is 0.459 e. The molecule has 1 aliphatic carbocycles. The molecule has 154 valence electrons. The van der Waals surface area contributed by atoms with Gasteiger partial charge in [-0.25, -0.2) is 0 Å². The predicted molar refractivity (Wildman–Crippen MR) is 124 cm³/mol. The van der Waals surface area contributed by atoms with Crippen LogP contribution in [0.3, 0.4) is 0 Å². The molecule has 3 heterocycles. The fraction of sp³-hybridized carbons (Fsp3) is 0.304. The maximum absolute atomic E-state index is 6.41. The Morgan fingerprint density at radius 1 is 1.07 bits per heavy atom. The molecule has 0 bridgehead atoms. The van der Waals surface area contributed by atoms with E-state index in [1.165, 1.54) is 12.8 Å². The van der Waals surface area contributed by atoms with Crippen molar-refractivity contribution in [1.29, 1.82) is 0 Å². The third kappa shape index (κ3) is 3.59. The number of furan rings is 1. The number of nitrogens with zero attached hydrogens (tertiary/aromatic N) is 2. The topological polar surface area (TPSA) is 41.3 Å². The molecule has 30 heavy (non-hydrogen) atoms. The smallest absolute Gasteiger partial charge is 0.170 e. The van der Waals surface area contributed by atoms with Crippen LogP contribution in [0.1, 0.15) is 49.2 Å². The molecule has 1 saturated carbocycles. The quantitative estimate of drug-likeness (QED) is 0.448. The summed E-state index contributed by atoms with van der Waals surface area (Å²) >= 11 is 18.2. The minimum absolute atomic E-state index is 0.0599. The highest BCUT2D eigenvalue weighted by Crippen LogP contribution is 2.44. The zero-order chi connectivity index (χ0) is 20.7. The monoisotopic (exact) mass is 457 g/mol. The van der Waals surface area contributed by atoms with Gasteiger partial charge in [0, 0.05) is 22.8 Å². The first-order valence-electron chi connectivity index (χ1n) is 10.2. The molecular weight excluding hydrogens is 437 g/mol. The second-order valence-electron chi connectivity index (χ2n) is 7.80. The number of pyridine rings is 1. The van der Waals surface area contributed by atoms with E-state index in [0.29, 0.717) is 16.1 Å². The highest BCUT2D eigenvalue weighted by Gasteiger charge is 2.45. The lowest BCUT2D eigenvalue weighted by atomic mass is 10.0.